The van der Waals surface area contributed by atoms with Gasteiger partial charge in [-0.1, -0.05) is 19.6 Å². The Hall–Kier alpha value is -1.53. The summed E-state index contributed by atoms with van der Waals surface area (Å²) < 4.78 is 15.3. The van der Waals surface area contributed by atoms with E-state index in [-0.39, 0.29) is 18.3 Å². The first-order valence-corrected chi connectivity index (χ1v) is 10.2. The molecule has 1 aromatic rings. The molecule has 0 radical (unpaired) electrons. The minimum Gasteiger partial charge on any atom is -0.504 e. The fraction of sp³-hybridized carbons (Fsp3) is 0.500. The lowest BCUT2D eigenvalue weighted by molar-refractivity contribution is 0.0204. The highest BCUT2D eigenvalue weighted by molar-refractivity contribution is 6.76. The van der Waals surface area contributed by atoms with Crippen LogP contribution in [0.15, 0.2) is 18.2 Å². The normalized spacial score (nSPS) is 11.2. The molecule has 5 nitrogen and oxygen atoms in total. The molecular weight excluding hydrogens is 276 g/mol. The van der Waals surface area contributed by atoms with Crippen LogP contribution in [0.5, 0.6) is 11.5 Å². The number of hydrogen-bond donors (Lipinski definition) is 1. The van der Waals surface area contributed by atoms with E-state index in [0.717, 1.165) is 6.04 Å². The van der Waals surface area contributed by atoms with Gasteiger partial charge in [0, 0.05) is 14.7 Å². The maximum Gasteiger partial charge on any atom is 0.337 e. The lowest BCUT2D eigenvalue weighted by atomic mass is 10.2. The summed E-state index contributed by atoms with van der Waals surface area (Å²) in [7, 11) is 0.183. The van der Waals surface area contributed by atoms with Gasteiger partial charge in [-0.05, 0) is 24.2 Å². The minimum absolute atomic E-state index is 0.0357. The van der Waals surface area contributed by atoms with Crippen LogP contribution in [0, 0.1) is 0 Å². The van der Waals surface area contributed by atoms with E-state index in [9.17, 15) is 9.90 Å². The molecule has 1 N–H and O–H groups in total. The number of phenolic OH excluding ortho intramolecular Hbond substituents is 1. The standard InChI is InChI=1S/C14H22O5Si/c1-17-14(16)11-5-6-12(15)13(9-11)19-10-18-7-8-20(2,3)4/h5-6,9,15H,7-8,10H2,1-4H3. The van der Waals surface area contributed by atoms with Crippen molar-refractivity contribution >= 4 is 14.0 Å². The molecule has 0 spiro atoms. The summed E-state index contributed by atoms with van der Waals surface area (Å²) in [6.07, 6.45) is 0. The summed E-state index contributed by atoms with van der Waals surface area (Å²) in [6.45, 7) is 7.48. The Balaban J connectivity index is 2.49. The van der Waals surface area contributed by atoms with Crippen molar-refractivity contribution in [1.82, 2.24) is 0 Å². The maximum atomic E-state index is 11.4. The van der Waals surface area contributed by atoms with Gasteiger partial charge < -0.3 is 19.3 Å². The molecule has 0 aliphatic rings. The minimum atomic E-state index is -1.12. The number of aromatic hydroxyl groups is 1. The zero-order chi connectivity index (χ0) is 15.2. The van der Waals surface area contributed by atoms with E-state index < -0.39 is 14.0 Å². The zero-order valence-corrected chi connectivity index (χ0v) is 13.4. The van der Waals surface area contributed by atoms with E-state index >= 15 is 0 Å². The lowest BCUT2D eigenvalue weighted by Crippen LogP contribution is -2.22. The van der Waals surface area contributed by atoms with Gasteiger partial charge in [-0.3, -0.25) is 0 Å². The second-order valence-corrected chi connectivity index (χ2v) is 11.3. The van der Waals surface area contributed by atoms with Crippen LogP contribution in [-0.2, 0) is 9.47 Å². The van der Waals surface area contributed by atoms with Gasteiger partial charge in [0.25, 0.3) is 0 Å². The number of hydrogen-bond acceptors (Lipinski definition) is 5. The summed E-state index contributed by atoms with van der Waals surface area (Å²) in [4.78, 5) is 11.4. The third-order valence-corrected chi connectivity index (χ3v) is 4.38. The van der Waals surface area contributed by atoms with Crippen molar-refractivity contribution in [2.24, 2.45) is 0 Å². The van der Waals surface area contributed by atoms with E-state index in [0.29, 0.717) is 12.2 Å². The Morgan fingerprint density at radius 2 is 2.00 bits per heavy atom. The first-order valence-electron chi connectivity index (χ1n) is 6.45. The predicted octanol–water partition coefficient (Wildman–Crippen LogP) is 2.87. The van der Waals surface area contributed by atoms with Gasteiger partial charge in [0.2, 0.25) is 0 Å². The average Bonchev–Trinajstić information content (AvgIpc) is 2.38. The number of benzene rings is 1. The number of carbonyl (C=O) groups excluding carboxylic acids is 1. The monoisotopic (exact) mass is 298 g/mol. The third-order valence-electron chi connectivity index (χ3n) is 2.68. The number of methoxy groups -OCH3 is 1. The molecule has 6 heteroatoms. The van der Waals surface area contributed by atoms with Crippen molar-refractivity contribution in [3.8, 4) is 11.5 Å². The van der Waals surface area contributed by atoms with Gasteiger partial charge in [-0.25, -0.2) is 4.79 Å². The van der Waals surface area contributed by atoms with Crippen molar-refractivity contribution in [2.75, 3.05) is 20.5 Å². The van der Waals surface area contributed by atoms with Gasteiger partial charge in [-0.15, -0.1) is 0 Å². The highest BCUT2D eigenvalue weighted by atomic mass is 28.3. The molecule has 0 aliphatic carbocycles. The first kappa shape index (κ1) is 16.5. The molecular formula is C14H22O5Si. The van der Waals surface area contributed by atoms with Crippen molar-refractivity contribution in [3.05, 3.63) is 23.8 Å². The molecule has 20 heavy (non-hydrogen) atoms. The Bertz CT molecular complexity index is 453. The van der Waals surface area contributed by atoms with Gasteiger partial charge >= 0.3 is 5.97 Å². The first-order chi connectivity index (χ1) is 9.33. The van der Waals surface area contributed by atoms with E-state index in [2.05, 4.69) is 24.4 Å². The van der Waals surface area contributed by atoms with Crippen LogP contribution in [0.1, 0.15) is 10.4 Å². The van der Waals surface area contributed by atoms with Crippen LogP contribution < -0.4 is 4.74 Å². The number of rotatable bonds is 7. The Morgan fingerprint density at radius 1 is 1.30 bits per heavy atom. The summed E-state index contributed by atoms with van der Waals surface area (Å²) >= 11 is 0. The molecule has 112 valence electrons. The van der Waals surface area contributed by atoms with Crippen LogP contribution >= 0.6 is 0 Å². The molecule has 0 fully saturated rings. The van der Waals surface area contributed by atoms with Gasteiger partial charge in [-0.2, -0.15) is 0 Å². The van der Waals surface area contributed by atoms with Crippen LogP contribution in [0.4, 0.5) is 0 Å². The topological polar surface area (TPSA) is 65.0 Å². The van der Waals surface area contributed by atoms with Crippen molar-refractivity contribution in [2.45, 2.75) is 25.7 Å². The number of carbonyl (C=O) groups is 1. The molecule has 1 aromatic carbocycles. The van der Waals surface area contributed by atoms with Crippen LogP contribution in [-0.4, -0.2) is 39.7 Å². The fourth-order valence-electron chi connectivity index (χ4n) is 1.42. The summed E-state index contributed by atoms with van der Waals surface area (Å²) in [5, 5.41) is 9.65. The van der Waals surface area contributed by atoms with Gasteiger partial charge in [0.15, 0.2) is 18.3 Å². The maximum absolute atomic E-state index is 11.4. The van der Waals surface area contributed by atoms with Crippen LogP contribution in [0.3, 0.4) is 0 Å². The van der Waals surface area contributed by atoms with Crippen molar-refractivity contribution in [1.29, 1.82) is 0 Å². The van der Waals surface area contributed by atoms with Crippen molar-refractivity contribution < 1.29 is 24.1 Å². The molecule has 0 heterocycles. The fourth-order valence-corrected chi connectivity index (χ4v) is 2.17. The summed E-state index contributed by atoms with van der Waals surface area (Å²) in [5.74, 6) is -0.304. The SMILES string of the molecule is COC(=O)c1ccc(O)c(OCOCC[Si](C)(C)C)c1. The molecule has 0 aliphatic heterocycles. The highest BCUT2D eigenvalue weighted by Gasteiger charge is 2.13. The summed E-state index contributed by atoms with van der Waals surface area (Å²) in [6, 6.07) is 5.34. The largest absolute Gasteiger partial charge is 0.504 e. The van der Waals surface area contributed by atoms with E-state index in [1.165, 1.54) is 25.3 Å². The van der Waals surface area contributed by atoms with E-state index in [4.69, 9.17) is 9.47 Å². The molecule has 1 rings (SSSR count). The molecule has 0 amide bonds. The van der Waals surface area contributed by atoms with Crippen molar-refractivity contribution in [3.63, 3.8) is 0 Å². The summed E-state index contributed by atoms with van der Waals surface area (Å²) in [5.41, 5.74) is 0.322. The number of esters is 1. The van der Waals surface area contributed by atoms with Crippen LogP contribution in [0.25, 0.3) is 0 Å². The van der Waals surface area contributed by atoms with Gasteiger partial charge in [0.1, 0.15) is 0 Å². The lowest BCUT2D eigenvalue weighted by Gasteiger charge is -2.15. The predicted molar refractivity (Wildman–Crippen MR) is 79.0 cm³/mol. The molecule has 0 bridgehead atoms. The smallest absolute Gasteiger partial charge is 0.337 e. The second kappa shape index (κ2) is 7.30. The average molecular weight is 298 g/mol. The molecule has 0 aromatic heterocycles. The zero-order valence-electron chi connectivity index (χ0n) is 12.4. The Kier molecular flexibility index (Phi) is 6.03. The molecule has 0 atom stereocenters. The Labute approximate surface area is 120 Å². The van der Waals surface area contributed by atoms with E-state index in [1.54, 1.807) is 0 Å². The Morgan fingerprint density at radius 3 is 2.60 bits per heavy atom. The molecule has 0 saturated carbocycles. The quantitative estimate of drug-likeness (QED) is 0.363. The molecule has 0 saturated heterocycles. The van der Waals surface area contributed by atoms with Gasteiger partial charge in [0.05, 0.1) is 12.7 Å². The molecule has 0 unspecified atom stereocenters. The van der Waals surface area contributed by atoms with Crippen LogP contribution in [0.2, 0.25) is 25.7 Å². The second-order valence-electron chi connectivity index (χ2n) is 5.66. The third kappa shape index (κ3) is 5.62. The highest BCUT2D eigenvalue weighted by Crippen LogP contribution is 2.27. The number of phenols is 1. The van der Waals surface area contributed by atoms with E-state index in [1.807, 2.05) is 0 Å². The number of ether oxygens (including phenoxy) is 3.